The van der Waals surface area contributed by atoms with Gasteiger partial charge in [-0.05, 0) is 43.1 Å². The maximum Gasteiger partial charge on any atom is 0.0721 e. The molecule has 0 spiro atoms. The summed E-state index contributed by atoms with van der Waals surface area (Å²) in [5, 5.41) is 4.55. The molecule has 94 valence electrons. The number of benzene rings is 1. The van der Waals surface area contributed by atoms with Crippen LogP contribution in [0.3, 0.4) is 0 Å². The molecule has 0 bridgehead atoms. The van der Waals surface area contributed by atoms with Crippen molar-refractivity contribution in [1.82, 2.24) is 10.3 Å². The van der Waals surface area contributed by atoms with Gasteiger partial charge < -0.3 is 10.1 Å². The van der Waals surface area contributed by atoms with Gasteiger partial charge in [-0.3, -0.25) is 4.98 Å². The van der Waals surface area contributed by atoms with E-state index in [0.717, 1.165) is 18.6 Å². The van der Waals surface area contributed by atoms with Gasteiger partial charge in [0.25, 0.3) is 0 Å². The van der Waals surface area contributed by atoms with Gasteiger partial charge in [-0.2, -0.15) is 0 Å². The van der Waals surface area contributed by atoms with Crippen molar-refractivity contribution in [3.63, 3.8) is 0 Å². The summed E-state index contributed by atoms with van der Waals surface area (Å²) in [5.74, 6) is 0. The Hall–Kier alpha value is -1.45. The quantitative estimate of drug-likeness (QED) is 0.898. The SMILES string of the molecule is c1cnc2ccc(COC3CCCNC3)cc2c1. The van der Waals surface area contributed by atoms with Crippen molar-refractivity contribution in [3.05, 3.63) is 42.1 Å². The van der Waals surface area contributed by atoms with Crippen LogP contribution >= 0.6 is 0 Å². The van der Waals surface area contributed by atoms with Crippen LogP contribution in [0.4, 0.5) is 0 Å². The minimum absolute atomic E-state index is 0.364. The van der Waals surface area contributed by atoms with Crippen molar-refractivity contribution < 1.29 is 4.74 Å². The fourth-order valence-corrected chi connectivity index (χ4v) is 2.39. The topological polar surface area (TPSA) is 34.1 Å². The molecule has 1 aromatic carbocycles. The number of aromatic nitrogens is 1. The Balaban J connectivity index is 1.66. The van der Waals surface area contributed by atoms with Gasteiger partial charge in [0.2, 0.25) is 0 Å². The molecule has 18 heavy (non-hydrogen) atoms. The third kappa shape index (κ3) is 2.68. The van der Waals surface area contributed by atoms with E-state index >= 15 is 0 Å². The molecule has 1 saturated heterocycles. The lowest BCUT2D eigenvalue weighted by molar-refractivity contribution is 0.0253. The van der Waals surface area contributed by atoms with Gasteiger partial charge in [-0.1, -0.05) is 12.1 Å². The van der Waals surface area contributed by atoms with Crippen LogP contribution in [0.5, 0.6) is 0 Å². The van der Waals surface area contributed by atoms with Crippen LogP contribution in [-0.4, -0.2) is 24.2 Å². The highest BCUT2D eigenvalue weighted by Crippen LogP contribution is 2.15. The molecule has 2 heterocycles. The van der Waals surface area contributed by atoms with Gasteiger partial charge in [-0.25, -0.2) is 0 Å². The maximum absolute atomic E-state index is 5.93. The molecule has 0 radical (unpaired) electrons. The lowest BCUT2D eigenvalue weighted by Gasteiger charge is -2.23. The molecule has 1 N–H and O–H groups in total. The van der Waals surface area contributed by atoms with Crippen molar-refractivity contribution in [2.45, 2.75) is 25.6 Å². The van der Waals surface area contributed by atoms with Crippen molar-refractivity contribution in [1.29, 1.82) is 0 Å². The van der Waals surface area contributed by atoms with Gasteiger partial charge in [0.15, 0.2) is 0 Å². The van der Waals surface area contributed by atoms with Crippen LogP contribution in [0.15, 0.2) is 36.5 Å². The smallest absolute Gasteiger partial charge is 0.0721 e. The lowest BCUT2D eigenvalue weighted by atomic mass is 10.1. The van der Waals surface area contributed by atoms with E-state index in [9.17, 15) is 0 Å². The first kappa shape index (κ1) is 11.6. The number of nitrogens with one attached hydrogen (secondary N) is 1. The molecular formula is C15H18N2O. The summed E-state index contributed by atoms with van der Waals surface area (Å²) in [5.41, 5.74) is 2.27. The number of fused-ring (bicyclic) bond motifs is 1. The number of piperidine rings is 1. The van der Waals surface area contributed by atoms with Crippen LogP contribution in [0, 0.1) is 0 Å². The highest BCUT2D eigenvalue weighted by atomic mass is 16.5. The number of nitrogens with zero attached hydrogens (tertiary/aromatic N) is 1. The Labute approximate surface area is 107 Å². The van der Waals surface area contributed by atoms with Gasteiger partial charge in [0.1, 0.15) is 0 Å². The molecule has 2 aromatic rings. The van der Waals surface area contributed by atoms with Gasteiger partial charge in [0.05, 0.1) is 18.2 Å². The lowest BCUT2D eigenvalue weighted by Crippen LogP contribution is -2.35. The normalized spacial score (nSPS) is 20.1. The van der Waals surface area contributed by atoms with Crippen LogP contribution in [0.1, 0.15) is 18.4 Å². The van der Waals surface area contributed by atoms with Crippen LogP contribution in [-0.2, 0) is 11.3 Å². The molecule has 1 aliphatic heterocycles. The van der Waals surface area contributed by atoms with E-state index in [0.29, 0.717) is 12.7 Å². The molecule has 0 amide bonds. The van der Waals surface area contributed by atoms with E-state index in [2.05, 4.69) is 34.6 Å². The first-order valence-electron chi connectivity index (χ1n) is 6.58. The Bertz CT molecular complexity index is 521. The second kappa shape index (κ2) is 5.46. The Morgan fingerprint density at radius 1 is 1.33 bits per heavy atom. The summed E-state index contributed by atoms with van der Waals surface area (Å²) in [6.07, 6.45) is 4.57. The fraction of sp³-hybridized carbons (Fsp3) is 0.400. The average Bonchev–Trinajstić information content (AvgIpc) is 2.46. The fourth-order valence-electron chi connectivity index (χ4n) is 2.39. The molecule has 3 rings (SSSR count). The summed E-state index contributed by atoms with van der Waals surface area (Å²) in [4.78, 5) is 4.32. The minimum atomic E-state index is 0.364. The van der Waals surface area contributed by atoms with E-state index in [1.807, 2.05) is 12.3 Å². The molecule has 3 nitrogen and oxygen atoms in total. The number of ether oxygens (including phenoxy) is 1. The van der Waals surface area contributed by atoms with Crippen LogP contribution in [0.2, 0.25) is 0 Å². The molecule has 1 fully saturated rings. The molecule has 0 aliphatic carbocycles. The zero-order chi connectivity index (χ0) is 12.2. The average molecular weight is 242 g/mol. The number of hydrogen-bond acceptors (Lipinski definition) is 3. The standard InChI is InChI=1S/C15H18N2O/c1-3-13-9-12(5-6-15(13)17-8-1)11-18-14-4-2-7-16-10-14/h1,3,5-6,8-9,14,16H,2,4,7,10-11H2. The zero-order valence-electron chi connectivity index (χ0n) is 10.4. The summed E-state index contributed by atoms with van der Waals surface area (Å²) in [7, 11) is 0. The molecule has 1 aromatic heterocycles. The second-order valence-corrected chi connectivity index (χ2v) is 4.81. The minimum Gasteiger partial charge on any atom is -0.372 e. The maximum atomic E-state index is 5.93. The van der Waals surface area contributed by atoms with Crippen molar-refractivity contribution in [2.24, 2.45) is 0 Å². The monoisotopic (exact) mass is 242 g/mol. The van der Waals surface area contributed by atoms with E-state index in [1.54, 1.807) is 0 Å². The summed E-state index contributed by atoms with van der Waals surface area (Å²) < 4.78 is 5.93. The van der Waals surface area contributed by atoms with Crippen molar-refractivity contribution in [3.8, 4) is 0 Å². The van der Waals surface area contributed by atoms with Gasteiger partial charge in [-0.15, -0.1) is 0 Å². The molecule has 1 unspecified atom stereocenters. The second-order valence-electron chi connectivity index (χ2n) is 4.81. The highest BCUT2D eigenvalue weighted by molar-refractivity contribution is 5.78. The summed E-state index contributed by atoms with van der Waals surface area (Å²) in [6.45, 7) is 2.80. The molecular weight excluding hydrogens is 224 g/mol. The summed E-state index contributed by atoms with van der Waals surface area (Å²) in [6, 6.07) is 10.4. The van der Waals surface area contributed by atoms with Crippen molar-refractivity contribution >= 4 is 10.9 Å². The van der Waals surface area contributed by atoms with Crippen molar-refractivity contribution in [2.75, 3.05) is 13.1 Å². The van der Waals surface area contributed by atoms with E-state index in [1.165, 1.54) is 23.8 Å². The Morgan fingerprint density at radius 2 is 2.33 bits per heavy atom. The first-order valence-corrected chi connectivity index (χ1v) is 6.58. The molecule has 1 aliphatic rings. The third-order valence-electron chi connectivity index (χ3n) is 3.40. The van der Waals surface area contributed by atoms with Gasteiger partial charge in [0, 0.05) is 18.1 Å². The summed E-state index contributed by atoms with van der Waals surface area (Å²) >= 11 is 0. The zero-order valence-corrected chi connectivity index (χ0v) is 10.4. The third-order valence-corrected chi connectivity index (χ3v) is 3.40. The molecule has 0 saturated carbocycles. The first-order chi connectivity index (χ1) is 8.92. The van der Waals surface area contributed by atoms with Crippen LogP contribution in [0.25, 0.3) is 10.9 Å². The molecule has 1 atom stereocenters. The number of pyridine rings is 1. The largest absolute Gasteiger partial charge is 0.372 e. The van der Waals surface area contributed by atoms with E-state index in [4.69, 9.17) is 4.74 Å². The Morgan fingerprint density at radius 3 is 3.22 bits per heavy atom. The van der Waals surface area contributed by atoms with E-state index in [-0.39, 0.29) is 0 Å². The highest BCUT2D eigenvalue weighted by Gasteiger charge is 2.12. The number of rotatable bonds is 3. The number of hydrogen-bond donors (Lipinski definition) is 1. The predicted octanol–water partition coefficient (Wildman–Crippen LogP) is 2.50. The van der Waals surface area contributed by atoms with Crippen LogP contribution < -0.4 is 5.32 Å². The molecule has 3 heteroatoms. The Kier molecular flexibility index (Phi) is 3.53. The van der Waals surface area contributed by atoms with E-state index < -0.39 is 0 Å². The predicted molar refractivity (Wildman–Crippen MR) is 72.4 cm³/mol. The van der Waals surface area contributed by atoms with Gasteiger partial charge >= 0.3 is 0 Å².